The maximum Gasteiger partial charge on any atom is 0.286 e. The van der Waals surface area contributed by atoms with Crippen LogP contribution in [0.2, 0.25) is 0 Å². The van der Waals surface area contributed by atoms with Crippen LogP contribution in [0.1, 0.15) is 22.3 Å². The molecule has 7 heteroatoms. The Bertz CT molecular complexity index is 999. The first-order valence-electron chi connectivity index (χ1n) is 8.54. The molecule has 28 heavy (non-hydrogen) atoms. The zero-order chi connectivity index (χ0) is 20.3. The number of carbonyl (C=O) groups is 1. The summed E-state index contributed by atoms with van der Waals surface area (Å²) in [5.74, 6) is 1.38. The van der Waals surface area contributed by atoms with Crippen molar-refractivity contribution in [2.45, 2.75) is 13.8 Å². The van der Waals surface area contributed by atoms with Crippen LogP contribution in [0.4, 0.5) is 0 Å². The lowest BCUT2D eigenvalue weighted by molar-refractivity contribution is -0.122. The molecular weight excluding hydrogens is 392 g/mol. The molecule has 2 aromatic carbocycles. The van der Waals surface area contributed by atoms with E-state index < -0.39 is 0 Å². The van der Waals surface area contributed by atoms with Crippen LogP contribution in [0.5, 0.6) is 11.5 Å². The molecule has 0 aliphatic carbocycles. The third-order valence-corrected chi connectivity index (χ3v) is 5.51. The third-order valence-electron chi connectivity index (χ3n) is 4.23. The van der Waals surface area contributed by atoms with Crippen molar-refractivity contribution in [3.8, 4) is 11.5 Å². The first-order valence-corrected chi connectivity index (χ1v) is 9.76. The number of hydrazone groups is 1. The molecule has 0 atom stereocenters. The van der Waals surface area contributed by atoms with Gasteiger partial charge in [-0.2, -0.15) is 10.1 Å². The number of amides is 1. The third kappa shape index (κ3) is 4.26. The van der Waals surface area contributed by atoms with E-state index in [0.717, 1.165) is 33.8 Å². The van der Waals surface area contributed by atoms with Gasteiger partial charge < -0.3 is 9.47 Å². The second-order valence-corrected chi connectivity index (χ2v) is 7.87. The van der Waals surface area contributed by atoms with Crippen molar-refractivity contribution in [3.63, 3.8) is 0 Å². The first kappa shape index (κ1) is 20.1. The molecule has 1 saturated heterocycles. The van der Waals surface area contributed by atoms with Crippen molar-refractivity contribution in [3.05, 3.63) is 63.6 Å². The smallest absolute Gasteiger partial charge is 0.286 e. The van der Waals surface area contributed by atoms with Gasteiger partial charge >= 0.3 is 0 Å². The van der Waals surface area contributed by atoms with Crippen LogP contribution in [0.15, 0.2) is 46.4 Å². The average Bonchev–Trinajstić information content (AvgIpc) is 2.93. The van der Waals surface area contributed by atoms with Crippen LogP contribution in [-0.2, 0) is 4.79 Å². The molecule has 1 aliphatic heterocycles. The molecule has 0 bridgehead atoms. The Labute approximate surface area is 174 Å². The van der Waals surface area contributed by atoms with Gasteiger partial charge in [0, 0.05) is 0 Å². The minimum atomic E-state index is -0.232. The second-order valence-electron chi connectivity index (χ2n) is 6.20. The van der Waals surface area contributed by atoms with E-state index >= 15 is 0 Å². The number of thioether (sulfide) groups is 1. The molecule has 1 amide bonds. The van der Waals surface area contributed by atoms with E-state index in [2.05, 4.69) is 5.10 Å². The highest BCUT2D eigenvalue weighted by Crippen LogP contribution is 2.33. The van der Waals surface area contributed by atoms with E-state index in [1.54, 1.807) is 20.4 Å². The Kier molecular flexibility index (Phi) is 6.16. The topological polar surface area (TPSA) is 51.1 Å². The van der Waals surface area contributed by atoms with Crippen LogP contribution in [-0.4, -0.2) is 35.7 Å². The fourth-order valence-corrected chi connectivity index (χ4v) is 3.98. The van der Waals surface area contributed by atoms with E-state index in [9.17, 15) is 4.79 Å². The Balaban J connectivity index is 1.79. The number of hydrogen-bond donors (Lipinski definition) is 0. The van der Waals surface area contributed by atoms with Gasteiger partial charge in [0.1, 0.15) is 11.5 Å². The largest absolute Gasteiger partial charge is 0.496 e. The van der Waals surface area contributed by atoms with Gasteiger partial charge in [-0.3, -0.25) is 4.79 Å². The SMILES string of the molecule is COc1ccc(/C=N\N2C(=O)/C(=C/c3ccc(OC)c(C)c3)SC2=S)cc1C. The lowest BCUT2D eigenvalue weighted by Crippen LogP contribution is -2.22. The summed E-state index contributed by atoms with van der Waals surface area (Å²) in [5.41, 5.74) is 3.77. The van der Waals surface area contributed by atoms with Gasteiger partial charge in [-0.15, -0.1) is 0 Å². The number of benzene rings is 2. The number of nitrogens with zero attached hydrogens (tertiary/aromatic N) is 2. The van der Waals surface area contributed by atoms with Crippen molar-refractivity contribution >= 4 is 46.5 Å². The molecule has 0 aromatic heterocycles. The van der Waals surface area contributed by atoms with Crippen molar-refractivity contribution < 1.29 is 14.3 Å². The van der Waals surface area contributed by atoms with Gasteiger partial charge in [-0.05, 0) is 84.7 Å². The summed E-state index contributed by atoms with van der Waals surface area (Å²) in [6, 6.07) is 11.4. The molecule has 1 fully saturated rings. The molecule has 1 heterocycles. The molecule has 0 N–H and O–H groups in total. The molecule has 2 aromatic rings. The van der Waals surface area contributed by atoms with Gasteiger partial charge in [0.25, 0.3) is 5.91 Å². The quantitative estimate of drug-likeness (QED) is 0.409. The van der Waals surface area contributed by atoms with Crippen LogP contribution in [0, 0.1) is 13.8 Å². The summed E-state index contributed by atoms with van der Waals surface area (Å²) in [6.45, 7) is 3.91. The fourth-order valence-electron chi connectivity index (χ4n) is 2.81. The van der Waals surface area contributed by atoms with E-state index in [0.29, 0.717) is 9.23 Å². The number of carbonyl (C=O) groups excluding carboxylic acids is 1. The van der Waals surface area contributed by atoms with Crippen molar-refractivity contribution in [2.75, 3.05) is 14.2 Å². The van der Waals surface area contributed by atoms with Gasteiger partial charge in [0.15, 0.2) is 4.32 Å². The average molecular weight is 413 g/mol. The molecule has 5 nitrogen and oxygen atoms in total. The predicted molar refractivity (Wildman–Crippen MR) is 118 cm³/mol. The molecule has 0 unspecified atom stereocenters. The summed E-state index contributed by atoms with van der Waals surface area (Å²) >= 11 is 6.57. The second kappa shape index (κ2) is 8.58. The molecule has 144 valence electrons. The van der Waals surface area contributed by atoms with Gasteiger partial charge in [-0.25, -0.2) is 0 Å². The number of hydrogen-bond acceptors (Lipinski definition) is 6. The normalized spacial score (nSPS) is 15.7. The van der Waals surface area contributed by atoms with E-state index in [4.69, 9.17) is 21.7 Å². The van der Waals surface area contributed by atoms with Crippen LogP contribution in [0.3, 0.4) is 0 Å². The highest BCUT2D eigenvalue weighted by molar-refractivity contribution is 8.26. The molecule has 0 saturated carbocycles. The van der Waals surface area contributed by atoms with E-state index in [-0.39, 0.29) is 5.91 Å². The highest BCUT2D eigenvalue weighted by Gasteiger charge is 2.32. The number of rotatable bonds is 5. The summed E-state index contributed by atoms with van der Waals surface area (Å²) in [6.07, 6.45) is 3.44. The van der Waals surface area contributed by atoms with Crippen molar-refractivity contribution in [1.82, 2.24) is 5.01 Å². The van der Waals surface area contributed by atoms with E-state index in [1.807, 2.05) is 56.3 Å². The Hall–Kier alpha value is -2.64. The zero-order valence-electron chi connectivity index (χ0n) is 16.1. The summed E-state index contributed by atoms with van der Waals surface area (Å²) in [4.78, 5) is 13.2. The minimum Gasteiger partial charge on any atom is -0.496 e. The molecular formula is C21H20N2O3S2. The summed E-state index contributed by atoms with van der Waals surface area (Å²) < 4.78 is 10.9. The number of thiocarbonyl (C=S) groups is 1. The zero-order valence-corrected chi connectivity index (χ0v) is 17.7. The van der Waals surface area contributed by atoms with Crippen LogP contribution in [0.25, 0.3) is 6.08 Å². The summed E-state index contributed by atoms with van der Waals surface area (Å²) in [5, 5.41) is 5.54. The highest BCUT2D eigenvalue weighted by atomic mass is 32.2. The van der Waals surface area contributed by atoms with Gasteiger partial charge in [0.2, 0.25) is 0 Å². The predicted octanol–water partition coefficient (Wildman–Crippen LogP) is 4.56. The van der Waals surface area contributed by atoms with Crippen molar-refractivity contribution in [2.24, 2.45) is 5.10 Å². The minimum absolute atomic E-state index is 0.232. The van der Waals surface area contributed by atoms with Gasteiger partial charge in [0.05, 0.1) is 25.3 Å². The maximum atomic E-state index is 12.7. The summed E-state index contributed by atoms with van der Waals surface area (Å²) in [7, 11) is 3.27. The lowest BCUT2D eigenvalue weighted by atomic mass is 10.1. The Morgan fingerprint density at radius 3 is 2.14 bits per heavy atom. The van der Waals surface area contributed by atoms with Crippen LogP contribution >= 0.6 is 24.0 Å². The maximum absolute atomic E-state index is 12.7. The molecule has 3 rings (SSSR count). The first-order chi connectivity index (χ1) is 13.4. The Morgan fingerprint density at radius 2 is 1.57 bits per heavy atom. The van der Waals surface area contributed by atoms with E-state index in [1.165, 1.54) is 16.8 Å². The van der Waals surface area contributed by atoms with Crippen LogP contribution < -0.4 is 9.47 Å². The molecule has 0 spiro atoms. The fraction of sp³-hybridized carbons (Fsp3) is 0.190. The standard InChI is InChI=1S/C21H20N2O3S2/c1-13-9-15(5-7-17(13)25-3)11-19-20(24)23(21(27)28-19)22-12-16-6-8-18(26-4)14(2)10-16/h5-12H,1-4H3/b19-11-,22-12-. The number of ether oxygens (including phenoxy) is 2. The molecule has 1 aliphatic rings. The van der Waals surface area contributed by atoms with Gasteiger partial charge in [-0.1, -0.05) is 17.8 Å². The monoisotopic (exact) mass is 412 g/mol. The van der Waals surface area contributed by atoms with Crippen molar-refractivity contribution in [1.29, 1.82) is 0 Å². The number of methoxy groups -OCH3 is 2. The lowest BCUT2D eigenvalue weighted by Gasteiger charge is -2.07. The molecule has 0 radical (unpaired) electrons. The number of aryl methyl sites for hydroxylation is 2. The Morgan fingerprint density at radius 1 is 1.00 bits per heavy atom.